The van der Waals surface area contributed by atoms with E-state index in [9.17, 15) is 8.78 Å². The van der Waals surface area contributed by atoms with Gasteiger partial charge in [-0.05, 0) is 31.9 Å². The van der Waals surface area contributed by atoms with E-state index in [1.54, 1.807) is 0 Å². The Kier molecular flexibility index (Phi) is 3.43. The van der Waals surface area contributed by atoms with E-state index in [0.29, 0.717) is 0 Å². The third kappa shape index (κ3) is 1.95. The molecule has 0 aromatic carbocycles. The van der Waals surface area contributed by atoms with E-state index in [4.69, 9.17) is 11.6 Å². The number of nitrogens with zero attached hydrogens (tertiary/aromatic N) is 1. The molecule has 1 aromatic heterocycles. The molecule has 0 fully saturated rings. The molecule has 12 heavy (non-hydrogen) atoms. The highest BCUT2D eigenvalue weighted by atomic mass is 79.9. The smallest absolute Gasteiger partial charge is 0.242 e. The van der Waals surface area contributed by atoms with E-state index in [1.807, 2.05) is 0 Å². The van der Waals surface area contributed by atoms with Crippen molar-refractivity contribution in [2.24, 2.45) is 0 Å². The SMILES string of the molecule is FC(F)c1c(Br)cnc(Cl)c1Br. The van der Waals surface area contributed by atoms with Crippen LogP contribution in [0.3, 0.4) is 0 Å². The summed E-state index contributed by atoms with van der Waals surface area (Å²) < 4.78 is 25.0. The van der Waals surface area contributed by atoms with Gasteiger partial charge in [0.1, 0.15) is 5.15 Å². The van der Waals surface area contributed by atoms with E-state index < -0.39 is 6.43 Å². The molecule has 1 rings (SSSR count). The highest BCUT2D eigenvalue weighted by Gasteiger charge is 2.18. The van der Waals surface area contributed by atoms with E-state index in [1.165, 1.54) is 6.20 Å². The molecule has 0 atom stereocenters. The van der Waals surface area contributed by atoms with Crippen LogP contribution in [0.2, 0.25) is 5.15 Å². The Bertz CT molecular complexity index is 306. The Morgan fingerprint density at radius 1 is 1.42 bits per heavy atom. The normalized spacial score (nSPS) is 10.8. The third-order valence-electron chi connectivity index (χ3n) is 1.18. The molecule has 0 aliphatic carbocycles. The van der Waals surface area contributed by atoms with Crippen molar-refractivity contribution in [3.63, 3.8) is 0 Å². The second-order valence-corrected chi connectivity index (χ2v) is 3.93. The predicted octanol–water partition coefficient (Wildman–Crippen LogP) is 4.20. The predicted molar refractivity (Wildman–Crippen MR) is 49.6 cm³/mol. The lowest BCUT2D eigenvalue weighted by Crippen LogP contribution is -1.91. The second kappa shape index (κ2) is 3.98. The van der Waals surface area contributed by atoms with Crippen molar-refractivity contribution in [3.8, 4) is 0 Å². The van der Waals surface area contributed by atoms with Crippen LogP contribution >= 0.6 is 43.5 Å². The molecule has 6 heteroatoms. The molecule has 0 amide bonds. The van der Waals surface area contributed by atoms with Crippen LogP contribution in [0.1, 0.15) is 12.0 Å². The summed E-state index contributed by atoms with van der Waals surface area (Å²) in [5.41, 5.74) is -0.171. The topological polar surface area (TPSA) is 12.9 Å². The minimum Gasteiger partial charge on any atom is -0.242 e. The molecular formula is C6H2Br2ClF2N. The highest BCUT2D eigenvalue weighted by Crippen LogP contribution is 2.36. The van der Waals surface area contributed by atoms with Crippen LogP contribution < -0.4 is 0 Å². The zero-order valence-electron chi connectivity index (χ0n) is 5.49. The van der Waals surface area contributed by atoms with Gasteiger partial charge in [-0.15, -0.1) is 0 Å². The molecule has 0 aliphatic rings. The largest absolute Gasteiger partial charge is 0.266 e. The summed E-state index contributed by atoms with van der Waals surface area (Å²) in [7, 11) is 0. The quantitative estimate of drug-likeness (QED) is 0.707. The van der Waals surface area contributed by atoms with Gasteiger partial charge in [0, 0.05) is 10.7 Å². The summed E-state index contributed by atoms with van der Waals surface area (Å²) in [5.74, 6) is 0. The molecule has 0 bridgehead atoms. The molecule has 66 valence electrons. The number of halogens is 5. The molecule has 1 heterocycles. The molecule has 0 spiro atoms. The number of alkyl halides is 2. The zero-order chi connectivity index (χ0) is 9.30. The second-order valence-electron chi connectivity index (χ2n) is 1.93. The fraction of sp³-hybridized carbons (Fsp3) is 0.167. The minimum absolute atomic E-state index is 0.0356. The first-order valence-corrected chi connectivity index (χ1v) is 4.78. The summed E-state index contributed by atoms with van der Waals surface area (Å²) >= 11 is 11.4. The number of aromatic nitrogens is 1. The van der Waals surface area contributed by atoms with Crippen LogP contribution in [-0.4, -0.2) is 4.98 Å². The third-order valence-corrected chi connectivity index (χ3v) is 3.13. The Morgan fingerprint density at radius 2 is 2.00 bits per heavy atom. The fourth-order valence-electron chi connectivity index (χ4n) is 0.656. The van der Waals surface area contributed by atoms with Gasteiger partial charge in [-0.3, -0.25) is 0 Å². The Hall–Kier alpha value is 0.260. The maximum absolute atomic E-state index is 12.3. The van der Waals surface area contributed by atoms with Crippen LogP contribution in [0.25, 0.3) is 0 Å². The average Bonchev–Trinajstić information content (AvgIpc) is 1.97. The van der Waals surface area contributed by atoms with E-state index >= 15 is 0 Å². The van der Waals surface area contributed by atoms with Crippen molar-refractivity contribution in [2.45, 2.75) is 6.43 Å². The number of rotatable bonds is 1. The van der Waals surface area contributed by atoms with E-state index in [0.717, 1.165) is 0 Å². The highest BCUT2D eigenvalue weighted by molar-refractivity contribution is 9.11. The van der Waals surface area contributed by atoms with Gasteiger partial charge in [-0.1, -0.05) is 11.6 Å². The fourth-order valence-corrected chi connectivity index (χ4v) is 2.03. The van der Waals surface area contributed by atoms with Crippen molar-refractivity contribution in [3.05, 3.63) is 25.9 Å². The van der Waals surface area contributed by atoms with E-state index in [-0.39, 0.29) is 19.7 Å². The van der Waals surface area contributed by atoms with Crippen LogP contribution in [0.15, 0.2) is 15.1 Å². The lowest BCUT2D eigenvalue weighted by molar-refractivity contribution is 0.149. The number of hydrogen-bond donors (Lipinski definition) is 0. The summed E-state index contributed by atoms with van der Waals surface area (Å²) in [6.45, 7) is 0. The average molecular weight is 321 g/mol. The van der Waals surface area contributed by atoms with Crippen LogP contribution in [0.4, 0.5) is 8.78 Å². The first kappa shape index (κ1) is 10.3. The van der Waals surface area contributed by atoms with Gasteiger partial charge >= 0.3 is 0 Å². The van der Waals surface area contributed by atoms with Gasteiger partial charge in [0.05, 0.1) is 10.0 Å². The lowest BCUT2D eigenvalue weighted by Gasteiger charge is -2.05. The van der Waals surface area contributed by atoms with Crippen LogP contribution in [-0.2, 0) is 0 Å². The summed E-state index contributed by atoms with van der Waals surface area (Å²) in [5, 5.41) is 0.0356. The van der Waals surface area contributed by atoms with Crippen molar-refractivity contribution in [1.29, 1.82) is 0 Å². The zero-order valence-corrected chi connectivity index (χ0v) is 9.42. The standard InChI is InChI=1S/C6H2Br2ClF2N/c7-2-1-12-5(9)4(8)3(2)6(10)11/h1,6H. The molecule has 0 radical (unpaired) electrons. The van der Waals surface area contributed by atoms with Crippen molar-refractivity contribution < 1.29 is 8.78 Å². The van der Waals surface area contributed by atoms with Gasteiger partial charge < -0.3 is 0 Å². The maximum Gasteiger partial charge on any atom is 0.266 e. The molecular weight excluding hydrogens is 319 g/mol. The number of hydrogen-bond acceptors (Lipinski definition) is 1. The molecule has 0 unspecified atom stereocenters. The van der Waals surface area contributed by atoms with E-state index in [2.05, 4.69) is 36.8 Å². The summed E-state index contributed by atoms with van der Waals surface area (Å²) in [4.78, 5) is 3.66. The van der Waals surface area contributed by atoms with Gasteiger partial charge in [-0.25, -0.2) is 13.8 Å². The van der Waals surface area contributed by atoms with Crippen LogP contribution in [0, 0.1) is 0 Å². The lowest BCUT2D eigenvalue weighted by atomic mass is 10.3. The molecule has 1 aromatic rings. The van der Waals surface area contributed by atoms with Gasteiger partial charge in [0.15, 0.2) is 0 Å². The van der Waals surface area contributed by atoms with Crippen molar-refractivity contribution in [2.75, 3.05) is 0 Å². The first-order valence-electron chi connectivity index (χ1n) is 2.81. The molecule has 0 saturated heterocycles. The maximum atomic E-state index is 12.3. The monoisotopic (exact) mass is 319 g/mol. The molecule has 0 saturated carbocycles. The van der Waals surface area contributed by atoms with Gasteiger partial charge in [0.25, 0.3) is 6.43 Å². The summed E-state index contributed by atoms with van der Waals surface area (Å²) in [6.07, 6.45) is -1.33. The Morgan fingerprint density at radius 3 is 2.42 bits per heavy atom. The Labute approximate surface area is 89.4 Å². The minimum atomic E-state index is -2.57. The van der Waals surface area contributed by atoms with Crippen molar-refractivity contribution >= 4 is 43.5 Å². The van der Waals surface area contributed by atoms with Gasteiger partial charge in [0.2, 0.25) is 0 Å². The first-order chi connectivity index (χ1) is 5.54. The Balaban J connectivity index is 3.33. The van der Waals surface area contributed by atoms with Crippen molar-refractivity contribution in [1.82, 2.24) is 4.98 Å². The molecule has 1 nitrogen and oxygen atoms in total. The van der Waals surface area contributed by atoms with Gasteiger partial charge in [-0.2, -0.15) is 0 Å². The van der Waals surface area contributed by atoms with Crippen LogP contribution in [0.5, 0.6) is 0 Å². The number of pyridine rings is 1. The molecule has 0 N–H and O–H groups in total. The summed E-state index contributed by atoms with van der Waals surface area (Å²) in [6, 6.07) is 0. The molecule has 0 aliphatic heterocycles.